The lowest BCUT2D eigenvalue weighted by atomic mass is 10.1. The number of benzene rings is 2. The first kappa shape index (κ1) is 17.1. The molecular formula is C18H23N3O2. The van der Waals surface area contributed by atoms with Crippen LogP contribution < -0.4 is 0 Å². The number of nitro benzene ring substituents is 1. The minimum atomic E-state index is -0.304. The summed E-state index contributed by atoms with van der Waals surface area (Å²) in [5.74, 6) is 0. The van der Waals surface area contributed by atoms with Crippen molar-refractivity contribution in [2.24, 2.45) is 0 Å². The van der Waals surface area contributed by atoms with E-state index in [1.54, 1.807) is 12.1 Å². The summed E-state index contributed by atoms with van der Waals surface area (Å²) in [4.78, 5) is 15.3. The Balaban J connectivity index is 2.15. The third-order valence-electron chi connectivity index (χ3n) is 3.69. The maximum atomic E-state index is 11.2. The van der Waals surface area contributed by atoms with Gasteiger partial charge in [0.15, 0.2) is 0 Å². The number of hydrogen-bond acceptors (Lipinski definition) is 4. The Morgan fingerprint density at radius 3 is 2.22 bits per heavy atom. The molecule has 2 rings (SSSR count). The molecule has 0 spiro atoms. The fourth-order valence-corrected chi connectivity index (χ4v) is 2.46. The van der Waals surface area contributed by atoms with Gasteiger partial charge >= 0.3 is 0 Å². The van der Waals surface area contributed by atoms with E-state index < -0.39 is 0 Å². The lowest BCUT2D eigenvalue weighted by Gasteiger charge is -2.24. The van der Waals surface area contributed by atoms with Gasteiger partial charge in [-0.15, -0.1) is 0 Å². The highest BCUT2D eigenvalue weighted by atomic mass is 16.6. The quantitative estimate of drug-likeness (QED) is 0.555. The molecule has 0 N–H and O–H groups in total. The van der Waals surface area contributed by atoms with Crippen LogP contribution in [0.3, 0.4) is 0 Å². The van der Waals surface area contributed by atoms with Crippen LogP contribution in [0, 0.1) is 10.1 Å². The second kappa shape index (κ2) is 8.41. The molecule has 0 fully saturated rings. The summed E-state index contributed by atoms with van der Waals surface area (Å²) in [5, 5.41) is 11.2. The third-order valence-corrected chi connectivity index (χ3v) is 3.69. The minimum Gasteiger partial charge on any atom is -0.308 e. The summed E-state index contributed by atoms with van der Waals surface area (Å²) in [5.41, 5.74) is 2.16. The van der Waals surface area contributed by atoms with Crippen molar-refractivity contribution in [1.82, 2.24) is 9.80 Å². The summed E-state index contributed by atoms with van der Waals surface area (Å²) in [6, 6.07) is 17.2. The average Bonchev–Trinajstić information content (AvgIpc) is 2.54. The molecule has 122 valence electrons. The van der Waals surface area contributed by atoms with Gasteiger partial charge in [0.25, 0.3) is 5.69 Å². The normalized spacial score (nSPS) is 11.1. The zero-order valence-corrected chi connectivity index (χ0v) is 13.7. The Kier molecular flexibility index (Phi) is 6.26. The predicted octanol–water partition coefficient (Wildman–Crippen LogP) is 3.16. The highest BCUT2D eigenvalue weighted by molar-refractivity contribution is 5.39. The number of nitrogens with zero attached hydrogens (tertiary/aromatic N) is 3. The van der Waals surface area contributed by atoms with Crippen LogP contribution in [-0.2, 0) is 13.1 Å². The van der Waals surface area contributed by atoms with Gasteiger partial charge < -0.3 is 4.90 Å². The van der Waals surface area contributed by atoms with Crippen LogP contribution in [0.15, 0.2) is 54.6 Å². The third kappa shape index (κ3) is 5.47. The Hall–Kier alpha value is -2.24. The van der Waals surface area contributed by atoms with E-state index in [-0.39, 0.29) is 10.6 Å². The lowest BCUT2D eigenvalue weighted by molar-refractivity contribution is -0.385. The molecule has 0 aromatic heterocycles. The Labute approximate surface area is 137 Å². The van der Waals surface area contributed by atoms with Gasteiger partial charge in [-0.1, -0.05) is 48.5 Å². The fourth-order valence-electron chi connectivity index (χ4n) is 2.46. The first-order valence-corrected chi connectivity index (χ1v) is 7.69. The Morgan fingerprint density at radius 2 is 1.57 bits per heavy atom. The smallest absolute Gasteiger partial charge is 0.273 e. The van der Waals surface area contributed by atoms with Crippen molar-refractivity contribution in [3.8, 4) is 0 Å². The van der Waals surface area contributed by atoms with Crippen molar-refractivity contribution in [3.05, 3.63) is 75.8 Å². The van der Waals surface area contributed by atoms with Crippen LogP contribution in [0.4, 0.5) is 5.69 Å². The molecule has 0 radical (unpaired) electrons. The molecule has 0 aliphatic rings. The van der Waals surface area contributed by atoms with Gasteiger partial charge in [0.05, 0.1) is 4.92 Å². The predicted molar refractivity (Wildman–Crippen MR) is 92.2 cm³/mol. The molecule has 0 saturated carbocycles. The maximum Gasteiger partial charge on any atom is 0.273 e. The van der Waals surface area contributed by atoms with Gasteiger partial charge in [0.1, 0.15) is 0 Å². The Morgan fingerprint density at radius 1 is 0.913 bits per heavy atom. The summed E-state index contributed by atoms with van der Waals surface area (Å²) < 4.78 is 0. The highest BCUT2D eigenvalue weighted by Gasteiger charge is 2.16. The number of para-hydroxylation sites is 1. The first-order valence-electron chi connectivity index (χ1n) is 7.69. The summed E-state index contributed by atoms with van der Waals surface area (Å²) in [6.45, 7) is 3.11. The average molecular weight is 313 g/mol. The SMILES string of the molecule is CN(C)CCN(Cc1ccccc1)Cc1ccccc1[N+](=O)[O-]. The topological polar surface area (TPSA) is 49.6 Å². The van der Waals surface area contributed by atoms with Crippen molar-refractivity contribution in [3.63, 3.8) is 0 Å². The van der Waals surface area contributed by atoms with Crippen molar-refractivity contribution >= 4 is 5.69 Å². The molecule has 0 aliphatic heterocycles. The molecule has 5 heteroatoms. The van der Waals surface area contributed by atoms with E-state index in [2.05, 4.69) is 21.9 Å². The van der Waals surface area contributed by atoms with Gasteiger partial charge in [0, 0.05) is 37.8 Å². The van der Waals surface area contributed by atoms with E-state index in [9.17, 15) is 10.1 Å². The number of nitro groups is 1. The molecule has 0 saturated heterocycles. The zero-order chi connectivity index (χ0) is 16.7. The minimum absolute atomic E-state index is 0.190. The number of rotatable bonds is 8. The van der Waals surface area contributed by atoms with Crippen molar-refractivity contribution in [2.75, 3.05) is 27.2 Å². The highest BCUT2D eigenvalue weighted by Crippen LogP contribution is 2.20. The summed E-state index contributed by atoms with van der Waals surface area (Å²) in [7, 11) is 4.07. The van der Waals surface area contributed by atoms with Crippen LogP contribution in [0.25, 0.3) is 0 Å². The molecule has 0 heterocycles. The summed E-state index contributed by atoms with van der Waals surface area (Å²) >= 11 is 0. The zero-order valence-electron chi connectivity index (χ0n) is 13.7. The summed E-state index contributed by atoms with van der Waals surface area (Å²) in [6.07, 6.45) is 0. The standard InChI is InChI=1S/C18H23N3O2/c1-19(2)12-13-20(14-16-8-4-3-5-9-16)15-17-10-6-7-11-18(17)21(22)23/h3-11H,12-15H2,1-2H3. The van der Waals surface area contributed by atoms with E-state index in [1.165, 1.54) is 5.56 Å². The van der Waals surface area contributed by atoms with Crippen molar-refractivity contribution in [1.29, 1.82) is 0 Å². The van der Waals surface area contributed by atoms with Gasteiger partial charge in [-0.25, -0.2) is 0 Å². The van der Waals surface area contributed by atoms with E-state index in [0.29, 0.717) is 6.54 Å². The van der Waals surface area contributed by atoms with Gasteiger partial charge in [-0.3, -0.25) is 15.0 Å². The van der Waals surface area contributed by atoms with E-state index in [1.807, 2.05) is 44.4 Å². The molecule has 0 bridgehead atoms. The van der Waals surface area contributed by atoms with Crippen LogP contribution in [-0.4, -0.2) is 41.9 Å². The largest absolute Gasteiger partial charge is 0.308 e. The molecular weight excluding hydrogens is 290 g/mol. The molecule has 2 aromatic rings. The van der Waals surface area contributed by atoms with Gasteiger partial charge in [0.2, 0.25) is 0 Å². The van der Waals surface area contributed by atoms with Crippen molar-refractivity contribution in [2.45, 2.75) is 13.1 Å². The van der Waals surface area contributed by atoms with Crippen LogP contribution in [0.2, 0.25) is 0 Å². The fraction of sp³-hybridized carbons (Fsp3) is 0.333. The number of likely N-dealkylation sites (N-methyl/N-ethyl adjacent to an activating group) is 1. The molecule has 0 amide bonds. The number of hydrogen-bond donors (Lipinski definition) is 0. The molecule has 5 nitrogen and oxygen atoms in total. The molecule has 0 unspecified atom stereocenters. The molecule has 0 atom stereocenters. The van der Waals surface area contributed by atoms with Crippen LogP contribution >= 0.6 is 0 Å². The van der Waals surface area contributed by atoms with Crippen LogP contribution in [0.1, 0.15) is 11.1 Å². The molecule has 0 aliphatic carbocycles. The Bertz CT molecular complexity index is 629. The van der Waals surface area contributed by atoms with E-state index >= 15 is 0 Å². The monoisotopic (exact) mass is 313 g/mol. The van der Waals surface area contributed by atoms with Crippen molar-refractivity contribution < 1.29 is 4.92 Å². The lowest BCUT2D eigenvalue weighted by Crippen LogP contribution is -2.31. The van der Waals surface area contributed by atoms with E-state index in [4.69, 9.17) is 0 Å². The van der Waals surface area contributed by atoms with Gasteiger partial charge in [-0.2, -0.15) is 0 Å². The second-order valence-electron chi connectivity index (χ2n) is 5.89. The molecule has 23 heavy (non-hydrogen) atoms. The second-order valence-corrected chi connectivity index (χ2v) is 5.89. The van der Waals surface area contributed by atoms with Gasteiger partial charge in [-0.05, 0) is 19.7 Å². The maximum absolute atomic E-state index is 11.2. The van der Waals surface area contributed by atoms with Crippen LogP contribution in [0.5, 0.6) is 0 Å². The van der Waals surface area contributed by atoms with E-state index in [0.717, 1.165) is 25.2 Å². The molecule has 2 aromatic carbocycles. The first-order chi connectivity index (χ1) is 11.1.